The van der Waals surface area contributed by atoms with Gasteiger partial charge in [0.05, 0.1) is 50.7 Å². The second-order valence-corrected chi connectivity index (χ2v) is 11.4. The van der Waals surface area contributed by atoms with Crippen LogP contribution in [0, 0.1) is 0 Å². The summed E-state index contributed by atoms with van der Waals surface area (Å²) in [6.45, 7) is 7.97. The Labute approximate surface area is 243 Å². The minimum absolute atomic E-state index is 0.0437. The van der Waals surface area contributed by atoms with Crippen LogP contribution in [0.2, 0.25) is 0 Å². The monoisotopic (exact) mass is 558 g/mol. The average molecular weight is 559 g/mol. The number of carbonyl (C=O) groups is 1. The highest BCUT2D eigenvalue weighted by Gasteiger charge is 2.43. The van der Waals surface area contributed by atoms with Crippen LogP contribution in [0.4, 0.5) is 5.69 Å². The van der Waals surface area contributed by atoms with Gasteiger partial charge in [-0.05, 0) is 56.1 Å². The van der Waals surface area contributed by atoms with E-state index in [0.717, 1.165) is 59.8 Å². The fourth-order valence-corrected chi connectivity index (χ4v) is 5.99. The first-order chi connectivity index (χ1) is 19.9. The van der Waals surface area contributed by atoms with Crippen LogP contribution in [0.1, 0.15) is 54.9 Å². The van der Waals surface area contributed by atoms with E-state index >= 15 is 0 Å². The number of piperidine rings is 1. The van der Waals surface area contributed by atoms with E-state index in [1.165, 1.54) is 5.56 Å². The molecule has 1 saturated heterocycles. The molecule has 0 saturated carbocycles. The van der Waals surface area contributed by atoms with Gasteiger partial charge < -0.3 is 29.2 Å². The number of ether oxygens (including phenoxy) is 4. The van der Waals surface area contributed by atoms with Crippen LogP contribution >= 0.6 is 0 Å². The number of fused-ring (bicyclic) bond motifs is 1. The van der Waals surface area contributed by atoms with Crippen molar-refractivity contribution in [3.8, 4) is 11.5 Å². The van der Waals surface area contributed by atoms with E-state index < -0.39 is 5.41 Å². The van der Waals surface area contributed by atoms with E-state index in [1.54, 1.807) is 12.0 Å². The highest BCUT2D eigenvalue weighted by atomic mass is 16.5. The number of carbonyl (C=O) groups excluding carboxylic acids is 1. The maximum atomic E-state index is 12.8. The van der Waals surface area contributed by atoms with Crippen molar-refractivity contribution in [2.45, 2.75) is 57.3 Å². The van der Waals surface area contributed by atoms with Crippen molar-refractivity contribution in [2.75, 3.05) is 45.4 Å². The van der Waals surface area contributed by atoms with E-state index in [4.69, 9.17) is 18.9 Å². The van der Waals surface area contributed by atoms with E-state index in [9.17, 15) is 4.79 Å². The van der Waals surface area contributed by atoms with Gasteiger partial charge in [0.2, 0.25) is 5.91 Å². The maximum absolute atomic E-state index is 12.8. The van der Waals surface area contributed by atoms with Gasteiger partial charge >= 0.3 is 0 Å². The SMILES string of the molecule is COc1ccccc1COCCCOc1ccc(C2CCNCC2OCc2cccc3c2N(C)C(=O)C3(C)C)cc1. The van der Waals surface area contributed by atoms with E-state index in [1.807, 2.05) is 51.2 Å². The van der Waals surface area contributed by atoms with Crippen LogP contribution in [0.15, 0.2) is 66.7 Å². The Balaban J connectivity index is 1.12. The minimum Gasteiger partial charge on any atom is -0.496 e. The Morgan fingerprint density at radius 2 is 1.73 bits per heavy atom. The van der Waals surface area contributed by atoms with Crippen molar-refractivity contribution >= 4 is 11.6 Å². The Bertz CT molecular complexity index is 1320. The second kappa shape index (κ2) is 13.1. The first-order valence-electron chi connectivity index (χ1n) is 14.6. The molecule has 1 fully saturated rings. The van der Waals surface area contributed by atoms with Crippen molar-refractivity contribution in [3.05, 3.63) is 89.0 Å². The molecule has 5 rings (SSSR count). The van der Waals surface area contributed by atoms with Crippen molar-refractivity contribution in [1.82, 2.24) is 5.32 Å². The normalized spacial score (nSPS) is 19.7. The molecule has 0 radical (unpaired) electrons. The minimum atomic E-state index is -0.512. The number of benzene rings is 3. The van der Waals surface area contributed by atoms with Gasteiger partial charge in [-0.25, -0.2) is 0 Å². The number of likely N-dealkylation sites (N-methyl/N-ethyl adjacent to an activating group) is 1. The van der Waals surface area contributed by atoms with E-state index in [0.29, 0.717) is 32.3 Å². The third kappa shape index (κ3) is 6.43. The zero-order valence-corrected chi connectivity index (χ0v) is 24.7. The molecular formula is C34H42N2O5. The number of nitrogens with one attached hydrogen (secondary N) is 1. The number of methoxy groups -OCH3 is 1. The molecule has 3 aromatic carbocycles. The summed E-state index contributed by atoms with van der Waals surface area (Å²) in [6, 6.07) is 22.5. The van der Waals surface area contributed by atoms with Gasteiger partial charge in [-0.15, -0.1) is 0 Å². The third-order valence-electron chi connectivity index (χ3n) is 8.31. The van der Waals surface area contributed by atoms with Gasteiger partial charge in [0.25, 0.3) is 0 Å². The number of hydrogen-bond acceptors (Lipinski definition) is 6. The first-order valence-corrected chi connectivity index (χ1v) is 14.6. The van der Waals surface area contributed by atoms with Crippen LogP contribution in [0.3, 0.4) is 0 Å². The number of hydrogen-bond donors (Lipinski definition) is 1. The summed E-state index contributed by atoms with van der Waals surface area (Å²) < 4.78 is 23.7. The molecule has 0 bridgehead atoms. The smallest absolute Gasteiger partial charge is 0.236 e. The van der Waals surface area contributed by atoms with Crippen LogP contribution in [-0.2, 0) is 32.9 Å². The van der Waals surface area contributed by atoms with Gasteiger partial charge in [0.1, 0.15) is 11.5 Å². The summed E-state index contributed by atoms with van der Waals surface area (Å²) >= 11 is 0. The maximum Gasteiger partial charge on any atom is 0.236 e. The van der Waals surface area contributed by atoms with Gasteiger partial charge in [0.15, 0.2) is 0 Å². The zero-order valence-electron chi connectivity index (χ0n) is 24.7. The molecule has 218 valence electrons. The fourth-order valence-electron chi connectivity index (χ4n) is 5.99. The lowest BCUT2D eigenvalue weighted by molar-refractivity contribution is -0.121. The fraction of sp³-hybridized carbons (Fsp3) is 0.441. The van der Waals surface area contributed by atoms with Crippen LogP contribution in [-0.4, -0.2) is 52.5 Å². The van der Waals surface area contributed by atoms with Gasteiger partial charge in [-0.3, -0.25) is 4.79 Å². The molecule has 1 amide bonds. The largest absolute Gasteiger partial charge is 0.496 e. The van der Waals surface area contributed by atoms with Crippen molar-refractivity contribution in [2.24, 2.45) is 0 Å². The lowest BCUT2D eigenvalue weighted by Gasteiger charge is -2.33. The second-order valence-electron chi connectivity index (χ2n) is 11.4. The molecule has 0 spiro atoms. The predicted octanol–water partition coefficient (Wildman–Crippen LogP) is 5.60. The van der Waals surface area contributed by atoms with Crippen LogP contribution < -0.4 is 19.7 Å². The van der Waals surface area contributed by atoms with E-state index in [2.05, 4.69) is 41.7 Å². The summed E-state index contributed by atoms with van der Waals surface area (Å²) in [5, 5.41) is 3.49. The van der Waals surface area contributed by atoms with Gasteiger partial charge in [0, 0.05) is 37.1 Å². The Morgan fingerprint density at radius 3 is 2.54 bits per heavy atom. The molecule has 2 aliphatic heterocycles. The molecule has 7 heteroatoms. The molecule has 0 aliphatic carbocycles. The predicted molar refractivity (Wildman–Crippen MR) is 161 cm³/mol. The summed E-state index contributed by atoms with van der Waals surface area (Å²) in [5.74, 6) is 2.13. The first kappa shape index (κ1) is 29.1. The molecule has 1 N–H and O–H groups in total. The third-order valence-corrected chi connectivity index (χ3v) is 8.31. The Hall–Kier alpha value is -3.39. The standard InChI is InChI=1S/C34H42N2O5/c1-34(2)29-11-7-10-26(32(29)36(3)33(34)37)23-41-31-21-35-18-17-28(31)24-13-15-27(16-14-24)40-20-8-19-39-22-25-9-5-6-12-30(25)38-4/h5-7,9-16,28,31,35H,8,17-23H2,1-4H3. The van der Waals surface area contributed by atoms with Gasteiger partial charge in [-0.2, -0.15) is 0 Å². The Kier molecular flexibility index (Phi) is 9.28. The molecule has 2 heterocycles. The van der Waals surface area contributed by atoms with Crippen molar-refractivity contribution < 1.29 is 23.7 Å². The highest BCUT2D eigenvalue weighted by molar-refractivity contribution is 6.07. The number of amides is 1. The molecule has 0 aromatic heterocycles. The van der Waals surface area contributed by atoms with Gasteiger partial charge in [-0.1, -0.05) is 48.5 Å². The van der Waals surface area contributed by atoms with Crippen LogP contribution in [0.5, 0.6) is 11.5 Å². The summed E-state index contributed by atoms with van der Waals surface area (Å²) in [4.78, 5) is 14.6. The number of rotatable bonds is 12. The van der Waals surface area contributed by atoms with Crippen molar-refractivity contribution in [3.63, 3.8) is 0 Å². The Morgan fingerprint density at radius 1 is 0.951 bits per heavy atom. The lowest BCUT2D eigenvalue weighted by Crippen LogP contribution is -2.41. The molecule has 2 unspecified atom stereocenters. The molecule has 2 atom stereocenters. The average Bonchev–Trinajstić information content (AvgIpc) is 3.18. The topological polar surface area (TPSA) is 69.3 Å². The van der Waals surface area contributed by atoms with E-state index in [-0.39, 0.29) is 12.0 Å². The highest BCUT2D eigenvalue weighted by Crippen LogP contribution is 2.43. The van der Waals surface area contributed by atoms with Crippen LogP contribution in [0.25, 0.3) is 0 Å². The number of para-hydroxylation sites is 2. The molecule has 2 aliphatic rings. The quantitative estimate of drug-likeness (QED) is 0.292. The molecule has 3 aromatic rings. The summed E-state index contributed by atoms with van der Waals surface area (Å²) in [7, 11) is 3.54. The molecule has 7 nitrogen and oxygen atoms in total. The molecule has 41 heavy (non-hydrogen) atoms. The zero-order chi connectivity index (χ0) is 28.8. The number of nitrogens with zero attached hydrogens (tertiary/aromatic N) is 1. The lowest BCUT2D eigenvalue weighted by atomic mass is 9.85. The van der Waals surface area contributed by atoms with Crippen molar-refractivity contribution in [1.29, 1.82) is 0 Å². The summed E-state index contributed by atoms with van der Waals surface area (Å²) in [5.41, 5.74) is 4.92. The number of anilines is 1. The molecular weight excluding hydrogens is 516 g/mol. The summed E-state index contributed by atoms with van der Waals surface area (Å²) in [6.07, 6.45) is 1.86.